The lowest BCUT2D eigenvalue weighted by molar-refractivity contribution is 0.0294. The minimum atomic E-state index is -0.443. The molecule has 0 bridgehead atoms. The van der Waals surface area contributed by atoms with Crippen molar-refractivity contribution in [2.24, 2.45) is 5.41 Å². The average Bonchev–Trinajstić information content (AvgIpc) is 2.54. The molecule has 0 aliphatic carbocycles. The van der Waals surface area contributed by atoms with E-state index in [0.29, 0.717) is 31.1 Å². The van der Waals surface area contributed by atoms with E-state index in [1.165, 1.54) is 25.3 Å². The maximum Gasteiger partial charge on any atom is 0.321 e. The Hall–Kier alpha value is -1.86. The Bertz CT molecular complexity index is 582. The first-order valence-corrected chi connectivity index (χ1v) is 8.04. The molecule has 6 nitrogen and oxygen atoms in total. The van der Waals surface area contributed by atoms with Crippen LogP contribution >= 0.6 is 0 Å². The van der Waals surface area contributed by atoms with Gasteiger partial charge in [-0.3, -0.25) is 0 Å². The summed E-state index contributed by atoms with van der Waals surface area (Å²) in [5, 5.41) is 12.6. The van der Waals surface area contributed by atoms with Gasteiger partial charge in [0.1, 0.15) is 11.6 Å². The topological polar surface area (TPSA) is 65.0 Å². The van der Waals surface area contributed by atoms with Crippen LogP contribution in [-0.2, 0) is 0 Å². The minimum absolute atomic E-state index is 0.0260. The fraction of sp³-hybridized carbons (Fsp3) is 0.588. The number of carbonyl (C=O) groups is 1. The molecule has 1 aliphatic heterocycles. The minimum Gasteiger partial charge on any atom is -0.495 e. The van der Waals surface area contributed by atoms with Gasteiger partial charge in [0, 0.05) is 31.1 Å². The van der Waals surface area contributed by atoms with Crippen molar-refractivity contribution in [3.05, 3.63) is 24.0 Å². The maximum absolute atomic E-state index is 13.4. The van der Waals surface area contributed by atoms with Crippen LogP contribution in [0, 0.1) is 11.2 Å². The molecule has 0 unspecified atom stereocenters. The van der Waals surface area contributed by atoms with E-state index in [0.717, 1.165) is 12.8 Å². The quantitative estimate of drug-likeness (QED) is 0.861. The standard InChI is InChI=1S/C17H26FN3O3/c1-20(2)10-17(12-22)7-4-8-21(11-17)16(23)19-14-9-13(18)5-6-15(14)24-3/h5-6,9,22H,4,7-8,10-12H2,1-3H3,(H,19,23)/t17-/m0/s1. The number of amides is 2. The largest absolute Gasteiger partial charge is 0.495 e. The molecule has 134 valence electrons. The van der Waals surface area contributed by atoms with Crippen LogP contribution < -0.4 is 10.1 Å². The number of nitrogens with zero attached hydrogens (tertiary/aromatic N) is 2. The molecule has 24 heavy (non-hydrogen) atoms. The number of anilines is 1. The molecule has 1 heterocycles. The number of methoxy groups -OCH3 is 1. The number of aliphatic hydroxyl groups excluding tert-OH is 1. The molecule has 1 aromatic carbocycles. The molecule has 1 aromatic rings. The molecule has 0 radical (unpaired) electrons. The van der Waals surface area contributed by atoms with Gasteiger partial charge in [0.2, 0.25) is 0 Å². The summed E-state index contributed by atoms with van der Waals surface area (Å²) < 4.78 is 18.6. The van der Waals surface area contributed by atoms with Gasteiger partial charge in [-0.2, -0.15) is 0 Å². The molecule has 2 amide bonds. The molecule has 0 aromatic heterocycles. The van der Waals surface area contributed by atoms with Gasteiger partial charge in [0.05, 0.1) is 19.4 Å². The Morgan fingerprint density at radius 2 is 2.25 bits per heavy atom. The summed E-state index contributed by atoms with van der Waals surface area (Å²) in [5.74, 6) is -0.0365. The van der Waals surface area contributed by atoms with E-state index in [1.54, 1.807) is 4.90 Å². The third kappa shape index (κ3) is 4.36. The zero-order valence-electron chi connectivity index (χ0n) is 14.5. The number of aliphatic hydroxyl groups is 1. The smallest absolute Gasteiger partial charge is 0.321 e. The lowest BCUT2D eigenvalue weighted by Gasteiger charge is -2.43. The van der Waals surface area contributed by atoms with Crippen molar-refractivity contribution in [1.29, 1.82) is 0 Å². The fourth-order valence-corrected chi connectivity index (χ4v) is 3.33. The van der Waals surface area contributed by atoms with Crippen LogP contribution in [0.1, 0.15) is 12.8 Å². The number of likely N-dealkylation sites (tertiary alicyclic amines) is 1. The van der Waals surface area contributed by atoms with E-state index in [4.69, 9.17) is 4.74 Å². The number of nitrogens with one attached hydrogen (secondary N) is 1. The Morgan fingerprint density at radius 3 is 2.88 bits per heavy atom. The Balaban J connectivity index is 2.11. The summed E-state index contributed by atoms with van der Waals surface area (Å²) in [4.78, 5) is 16.3. The average molecular weight is 339 g/mol. The highest BCUT2D eigenvalue weighted by Gasteiger charge is 2.37. The van der Waals surface area contributed by atoms with Crippen molar-refractivity contribution < 1.29 is 19.0 Å². The maximum atomic E-state index is 13.4. The zero-order valence-corrected chi connectivity index (χ0v) is 14.5. The summed E-state index contributed by atoms with van der Waals surface area (Å²) >= 11 is 0. The summed E-state index contributed by atoms with van der Waals surface area (Å²) in [5.41, 5.74) is -0.0271. The van der Waals surface area contributed by atoms with Crippen LogP contribution in [0.3, 0.4) is 0 Å². The van der Waals surface area contributed by atoms with E-state index in [9.17, 15) is 14.3 Å². The van der Waals surface area contributed by atoms with Crippen LogP contribution in [0.15, 0.2) is 18.2 Å². The van der Waals surface area contributed by atoms with Gasteiger partial charge in [-0.1, -0.05) is 0 Å². The number of halogens is 1. The lowest BCUT2D eigenvalue weighted by atomic mass is 9.80. The zero-order chi connectivity index (χ0) is 17.7. The second kappa shape index (κ2) is 7.81. The molecule has 2 N–H and O–H groups in total. The third-order valence-corrected chi connectivity index (χ3v) is 4.34. The number of benzene rings is 1. The number of rotatable bonds is 5. The Morgan fingerprint density at radius 1 is 1.50 bits per heavy atom. The Labute approximate surface area is 142 Å². The van der Waals surface area contributed by atoms with Gasteiger partial charge < -0.3 is 25.0 Å². The molecule has 1 atom stereocenters. The monoisotopic (exact) mass is 339 g/mol. The number of ether oxygens (including phenoxy) is 1. The number of hydrogen-bond acceptors (Lipinski definition) is 4. The predicted octanol–water partition coefficient (Wildman–Crippen LogP) is 2.00. The fourth-order valence-electron chi connectivity index (χ4n) is 3.33. The number of urea groups is 1. The van der Waals surface area contributed by atoms with E-state index < -0.39 is 5.82 Å². The first-order chi connectivity index (χ1) is 11.4. The van der Waals surface area contributed by atoms with E-state index in [-0.39, 0.29) is 18.1 Å². The molecular weight excluding hydrogens is 313 g/mol. The van der Waals surface area contributed by atoms with E-state index in [2.05, 4.69) is 5.32 Å². The van der Waals surface area contributed by atoms with Gasteiger partial charge in [0.25, 0.3) is 0 Å². The molecule has 1 aliphatic rings. The van der Waals surface area contributed by atoms with Gasteiger partial charge >= 0.3 is 6.03 Å². The second-order valence-corrected chi connectivity index (χ2v) is 6.70. The molecule has 0 spiro atoms. The Kier molecular flexibility index (Phi) is 6.01. The molecule has 7 heteroatoms. The molecule has 1 fully saturated rings. The van der Waals surface area contributed by atoms with Crippen LogP contribution in [0.5, 0.6) is 5.75 Å². The normalized spacial score (nSPS) is 21.0. The molecule has 2 rings (SSSR count). The van der Waals surface area contributed by atoms with E-state index >= 15 is 0 Å². The van der Waals surface area contributed by atoms with E-state index in [1.807, 2.05) is 19.0 Å². The molecule has 0 saturated carbocycles. The van der Waals surface area contributed by atoms with Crippen LogP contribution in [0.25, 0.3) is 0 Å². The molecule has 1 saturated heterocycles. The van der Waals surface area contributed by atoms with Crippen LogP contribution in [-0.4, -0.2) is 68.4 Å². The number of piperidine rings is 1. The highest BCUT2D eigenvalue weighted by atomic mass is 19.1. The summed E-state index contributed by atoms with van der Waals surface area (Å²) in [6.07, 6.45) is 1.69. The van der Waals surface area contributed by atoms with Crippen LogP contribution in [0.2, 0.25) is 0 Å². The summed E-state index contributed by atoms with van der Waals surface area (Å²) in [6.45, 7) is 1.80. The van der Waals surface area contributed by atoms with Gasteiger partial charge in [-0.25, -0.2) is 9.18 Å². The van der Waals surface area contributed by atoms with Crippen molar-refractivity contribution in [2.75, 3.05) is 52.8 Å². The first kappa shape index (κ1) is 18.5. The summed E-state index contributed by atoms with van der Waals surface area (Å²) in [6, 6.07) is 3.68. The van der Waals surface area contributed by atoms with Crippen molar-refractivity contribution in [3.63, 3.8) is 0 Å². The van der Waals surface area contributed by atoms with Crippen LogP contribution in [0.4, 0.5) is 14.9 Å². The highest BCUT2D eigenvalue weighted by Crippen LogP contribution is 2.31. The van der Waals surface area contributed by atoms with Gasteiger partial charge in [-0.15, -0.1) is 0 Å². The van der Waals surface area contributed by atoms with Crippen molar-refractivity contribution >= 4 is 11.7 Å². The first-order valence-electron chi connectivity index (χ1n) is 8.04. The molecular formula is C17H26FN3O3. The number of hydrogen-bond donors (Lipinski definition) is 2. The third-order valence-electron chi connectivity index (χ3n) is 4.34. The van der Waals surface area contributed by atoms with Crippen molar-refractivity contribution in [3.8, 4) is 5.75 Å². The summed E-state index contributed by atoms with van der Waals surface area (Å²) in [7, 11) is 5.37. The highest BCUT2D eigenvalue weighted by molar-refractivity contribution is 5.91. The SMILES string of the molecule is COc1ccc(F)cc1NC(=O)N1CCC[C@](CO)(CN(C)C)C1. The number of carbonyl (C=O) groups excluding carboxylic acids is 1. The van der Waals surface area contributed by atoms with Crippen molar-refractivity contribution in [1.82, 2.24) is 9.80 Å². The predicted molar refractivity (Wildman–Crippen MR) is 90.9 cm³/mol. The lowest BCUT2D eigenvalue weighted by Crippen LogP contribution is -2.52. The van der Waals surface area contributed by atoms with Crippen molar-refractivity contribution in [2.45, 2.75) is 12.8 Å². The van der Waals surface area contributed by atoms with Gasteiger partial charge in [0.15, 0.2) is 0 Å². The van der Waals surface area contributed by atoms with Gasteiger partial charge in [-0.05, 0) is 39.1 Å². The second-order valence-electron chi connectivity index (χ2n) is 6.70.